The van der Waals surface area contributed by atoms with Crippen molar-refractivity contribution in [2.24, 2.45) is 5.92 Å². The van der Waals surface area contributed by atoms with E-state index in [0.29, 0.717) is 11.6 Å². The molecule has 0 spiro atoms. The number of anilines is 4. The van der Waals surface area contributed by atoms with E-state index in [9.17, 15) is 31.6 Å². The zero-order valence-corrected chi connectivity index (χ0v) is 24.0. The van der Waals surface area contributed by atoms with Crippen LogP contribution in [0, 0.1) is 17.6 Å². The van der Waals surface area contributed by atoms with E-state index in [-0.39, 0.29) is 34.3 Å². The molecular weight excluding hydrogens is 598 g/mol. The highest BCUT2D eigenvalue weighted by Gasteiger charge is 2.42. The third-order valence-corrected chi connectivity index (χ3v) is 7.57. The van der Waals surface area contributed by atoms with Crippen molar-refractivity contribution < 1.29 is 36.3 Å². The lowest BCUT2D eigenvalue weighted by molar-refractivity contribution is -0.131. The van der Waals surface area contributed by atoms with Gasteiger partial charge < -0.3 is 20.3 Å². The number of benzene rings is 2. The lowest BCUT2D eigenvalue weighted by atomic mass is 10.0. The summed E-state index contributed by atoms with van der Waals surface area (Å²) in [5.41, 5.74) is 0.148. The summed E-state index contributed by atoms with van der Waals surface area (Å²) in [6.07, 6.45) is 3.69. The monoisotopic (exact) mass is 622 g/mol. The number of hydrogen-bond acceptors (Lipinski definition) is 9. The number of hydrogen-bond donors (Lipinski definition) is 2. The van der Waals surface area contributed by atoms with Gasteiger partial charge in [-0.3, -0.25) is 9.59 Å². The Morgan fingerprint density at radius 2 is 1.73 bits per heavy atom. The number of halogens is 2. The number of urea groups is 1. The van der Waals surface area contributed by atoms with Gasteiger partial charge in [-0.15, -0.1) is 0 Å². The first-order valence-electron chi connectivity index (χ1n) is 12.9. The van der Waals surface area contributed by atoms with E-state index in [1.165, 1.54) is 72.9 Å². The van der Waals surface area contributed by atoms with Crippen LogP contribution in [0.3, 0.4) is 0 Å². The van der Waals surface area contributed by atoms with E-state index < -0.39 is 45.2 Å². The number of nitrogens with one attached hydrogen (secondary N) is 2. The topological polar surface area (TPSA) is 151 Å². The predicted molar refractivity (Wildman–Crippen MR) is 155 cm³/mol. The minimum Gasteiger partial charge on any atom is -0.454 e. The lowest BCUT2D eigenvalue weighted by Crippen LogP contribution is -2.58. The molecule has 0 bridgehead atoms. The molecule has 0 radical (unpaired) electrons. The van der Waals surface area contributed by atoms with Gasteiger partial charge >= 0.3 is 6.03 Å². The summed E-state index contributed by atoms with van der Waals surface area (Å²) in [6.45, 7) is -0.208. The predicted octanol–water partition coefficient (Wildman–Crippen LogP) is 4.35. The molecule has 2 aromatic carbocycles. The first kappa shape index (κ1) is 30.0. The highest BCUT2D eigenvalue weighted by Crippen LogP contribution is 2.29. The van der Waals surface area contributed by atoms with Crippen molar-refractivity contribution in [2.45, 2.75) is 4.90 Å². The summed E-state index contributed by atoms with van der Waals surface area (Å²) in [5, 5.41) is 5.40. The van der Waals surface area contributed by atoms with Gasteiger partial charge in [-0.1, -0.05) is 0 Å². The molecule has 2 N–H and O–H groups in total. The van der Waals surface area contributed by atoms with Gasteiger partial charge in [0.1, 0.15) is 29.1 Å². The molecule has 226 valence electrons. The molecule has 1 saturated heterocycles. The van der Waals surface area contributed by atoms with Crippen LogP contribution in [0.25, 0.3) is 0 Å². The first-order valence-corrected chi connectivity index (χ1v) is 14.8. The molecule has 15 heteroatoms. The molecule has 4 amide bonds. The zero-order chi connectivity index (χ0) is 31.6. The van der Waals surface area contributed by atoms with Gasteiger partial charge in [-0.05, 0) is 54.6 Å². The van der Waals surface area contributed by atoms with E-state index in [2.05, 4.69) is 20.6 Å². The van der Waals surface area contributed by atoms with Gasteiger partial charge in [0.15, 0.2) is 21.4 Å². The van der Waals surface area contributed by atoms with Crippen LogP contribution in [0.4, 0.5) is 36.6 Å². The molecule has 1 aliphatic heterocycles. The Morgan fingerprint density at radius 1 is 0.977 bits per heavy atom. The molecule has 5 rings (SSSR count). The maximum atomic E-state index is 15.0. The molecule has 0 aliphatic carbocycles. The molecule has 4 aromatic rings. The van der Waals surface area contributed by atoms with Crippen LogP contribution in [0.5, 0.6) is 11.5 Å². The van der Waals surface area contributed by atoms with E-state index >= 15 is 0 Å². The summed E-state index contributed by atoms with van der Waals surface area (Å²) in [4.78, 5) is 49.0. The van der Waals surface area contributed by atoms with Crippen molar-refractivity contribution in [3.63, 3.8) is 0 Å². The molecule has 2 aromatic heterocycles. The van der Waals surface area contributed by atoms with Crippen molar-refractivity contribution >= 4 is 50.7 Å². The summed E-state index contributed by atoms with van der Waals surface area (Å²) >= 11 is 0. The molecule has 0 saturated carbocycles. The smallest absolute Gasteiger partial charge is 0.331 e. The summed E-state index contributed by atoms with van der Waals surface area (Å²) in [6, 6.07) is 13.5. The fourth-order valence-corrected chi connectivity index (χ4v) is 4.80. The maximum absolute atomic E-state index is 15.0. The fraction of sp³-hybridized carbons (Fsp3) is 0.138. The normalized spacial score (nSPS) is 15.2. The number of amides is 4. The second-order valence-electron chi connectivity index (χ2n) is 9.76. The third-order valence-electron chi connectivity index (χ3n) is 6.47. The molecule has 1 atom stereocenters. The summed E-state index contributed by atoms with van der Waals surface area (Å²) < 4.78 is 57.2. The van der Waals surface area contributed by atoms with E-state index in [4.69, 9.17) is 4.74 Å². The zero-order valence-electron chi connectivity index (χ0n) is 23.2. The Kier molecular flexibility index (Phi) is 8.22. The van der Waals surface area contributed by atoms with Crippen molar-refractivity contribution in [2.75, 3.05) is 35.4 Å². The number of imide groups is 1. The number of carbonyl (C=O) groups is 3. The minimum atomic E-state index is -3.40. The molecule has 3 heterocycles. The van der Waals surface area contributed by atoms with Crippen LogP contribution in [0.1, 0.15) is 0 Å². The standard InChI is InChI=1S/C29H24F2N6O6S/c1-36-16-22(28(39)37(29(36)40)19-6-3-17(30)4-7-19)27(38)34-18-5-9-24(23(31)13-18)43-20-11-12-32-26(14-20)35-25-10-8-21(15-33-25)44(2,41)42/h3-15,22H,16H2,1-2H3,(H,34,38)(H,32,33,35). The lowest BCUT2D eigenvalue weighted by Gasteiger charge is -2.35. The molecule has 1 unspecified atom stereocenters. The van der Waals surface area contributed by atoms with Crippen molar-refractivity contribution in [1.82, 2.24) is 14.9 Å². The second-order valence-corrected chi connectivity index (χ2v) is 11.8. The van der Waals surface area contributed by atoms with Gasteiger partial charge in [0, 0.05) is 50.1 Å². The number of ether oxygens (including phenoxy) is 1. The minimum absolute atomic E-state index is 0.0428. The Bertz CT molecular complexity index is 1860. The highest BCUT2D eigenvalue weighted by atomic mass is 32.2. The van der Waals surface area contributed by atoms with Crippen LogP contribution < -0.4 is 20.3 Å². The van der Waals surface area contributed by atoms with Gasteiger partial charge in [0.25, 0.3) is 0 Å². The van der Waals surface area contributed by atoms with Gasteiger partial charge in [-0.25, -0.2) is 36.9 Å². The van der Waals surface area contributed by atoms with Crippen LogP contribution in [0.15, 0.2) is 84.0 Å². The number of rotatable bonds is 8. The van der Waals surface area contributed by atoms with Gasteiger partial charge in [0.2, 0.25) is 11.8 Å². The number of sulfone groups is 1. The molecule has 1 aliphatic rings. The van der Waals surface area contributed by atoms with E-state index in [0.717, 1.165) is 29.4 Å². The Labute approximate surface area is 250 Å². The summed E-state index contributed by atoms with van der Waals surface area (Å²) in [5.74, 6) is -3.59. The second kappa shape index (κ2) is 12.0. The number of aromatic nitrogens is 2. The average Bonchev–Trinajstić information content (AvgIpc) is 2.97. The molecule has 44 heavy (non-hydrogen) atoms. The average molecular weight is 623 g/mol. The Balaban J connectivity index is 1.25. The van der Waals surface area contributed by atoms with Crippen molar-refractivity contribution in [3.8, 4) is 11.5 Å². The number of pyridine rings is 2. The number of carbonyl (C=O) groups excluding carboxylic acids is 3. The highest BCUT2D eigenvalue weighted by molar-refractivity contribution is 7.90. The van der Waals surface area contributed by atoms with E-state index in [1.807, 2.05) is 0 Å². The molecule has 1 fully saturated rings. The Morgan fingerprint density at radius 3 is 2.39 bits per heavy atom. The van der Waals surface area contributed by atoms with Crippen LogP contribution in [-0.4, -0.2) is 61.0 Å². The SMILES string of the molecule is CN1CC(C(=O)Nc2ccc(Oc3ccnc(Nc4ccc(S(C)(=O)=O)cn4)c3)c(F)c2)C(=O)N(c2ccc(F)cc2)C1=O. The van der Waals surface area contributed by atoms with Gasteiger partial charge in [0.05, 0.1) is 10.6 Å². The van der Waals surface area contributed by atoms with Crippen LogP contribution >= 0.6 is 0 Å². The first-order chi connectivity index (χ1) is 20.9. The maximum Gasteiger partial charge on any atom is 0.331 e. The van der Waals surface area contributed by atoms with E-state index in [1.54, 1.807) is 0 Å². The summed E-state index contributed by atoms with van der Waals surface area (Å²) in [7, 11) is -1.98. The van der Waals surface area contributed by atoms with Crippen molar-refractivity contribution in [3.05, 3.63) is 90.8 Å². The Hall–Kier alpha value is -5.44. The van der Waals surface area contributed by atoms with Crippen molar-refractivity contribution in [1.29, 1.82) is 0 Å². The quantitative estimate of drug-likeness (QED) is 0.273. The van der Waals surface area contributed by atoms with Gasteiger partial charge in [-0.2, -0.15) is 0 Å². The van der Waals surface area contributed by atoms with Crippen LogP contribution in [0.2, 0.25) is 0 Å². The number of nitrogens with zero attached hydrogens (tertiary/aromatic N) is 4. The largest absolute Gasteiger partial charge is 0.454 e. The third kappa shape index (κ3) is 6.62. The molecular formula is C29H24F2N6O6S. The molecule has 12 nitrogen and oxygen atoms in total. The van der Waals surface area contributed by atoms with Crippen LogP contribution in [-0.2, 0) is 19.4 Å². The fourth-order valence-electron chi connectivity index (χ4n) is 4.24.